The van der Waals surface area contributed by atoms with E-state index in [2.05, 4.69) is 10.4 Å². The van der Waals surface area contributed by atoms with Crippen molar-refractivity contribution in [1.82, 2.24) is 15.1 Å². The number of carbonyl (C=O) groups excluding carboxylic acids is 1. The maximum atomic E-state index is 12.3. The number of benzene rings is 2. The Balaban J connectivity index is 1.63. The standard InChI is InChI=1S/C25H27N3O6/c1-31-19-8-6-18(7-9-19)20-10-12-24(30)28(27-20)14-13-26-23(29)11-5-17-15-21(32-2)25(34-4)22(16-17)33-3/h5-12,15-16H,13-14H2,1-4H3,(H,26,29)/b11-5+. The molecule has 0 saturated heterocycles. The highest BCUT2D eigenvalue weighted by Crippen LogP contribution is 2.38. The van der Waals surface area contributed by atoms with Crippen LogP contribution in [0, 0.1) is 0 Å². The Kier molecular flexibility index (Phi) is 8.28. The summed E-state index contributed by atoms with van der Waals surface area (Å²) in [7, 11) is 6.17. The van der Waals surface area contributed by atoms with E-state index in [0.717, 1.165) is 11.3 Å². The SMILES string of the molecule is COc1ccc(-c2ccc(=O)n(CCNC(=O)/C=C/c3cc(OC)c(OC)c(OC)c3)n2)cc1. The van der Waals surface area contributed by atoms with Crippen LogP contribution in [-0.4, -0.2) is 50.7 Å². The molecule has 0 unspecified atom stereocenters. The molecule has 0 bridgehead atoms. The molecular weight excluding hydrogens is 438 g/mol. The lowest BCUT2D eigenvalue weighted by molar-refractivity contribution is -0.116. The molecule has 1 N–H and O–H groups in total. The summed E-state index contributed by atoms with van der Waals surface area (Å²) < 4.78 is 22.4. The summed E-state index contributed by atoms with van der Waals surface area (Å²) in [6, 6.07) is 14.0. The minimum absolute atomic E-state index is 0.229. The van der Waals surface area contributed by atoms with Crippen molar-refractivity contribution in [2.24, 2.45) is 0 Å². The third-order valence-electron chi connectivity index (χ3n) is 4.99. The molecule has 0 aliphatic rings. The molecule has 9 heteroatoms. The van der Waals surface area contributed by atoms with Crippen molar-refractivity contribution in [2.75, 3.05) is 35.0 Å². The number of hydrogen-bond acceptors (Lipinski definition) is 7. The zero-order valence-electron chi connectivity index (χ0n) is 19.5. The van der Waals surface area contributed by atoms with Gasteiger partial charge >= 0.3 is 0 Å². The Hall–Kier alpha value is -4.27. The second-order valence-electron chi connectivity index (χ2n) is 7.09. The predicted molar refractivity (Wildman–Crippen MR) is 129 cm³/mol. The largest absolute Gasteiger partial charge is 0.497 e. The van der Waals surface area contributed by atoms with Gasteiger partial charge in [-0.15, -0.1) is 0 Å². The van der Waals surface area contributed by atoms with Gasteiger partial charge in [-0.3, -0.25) is 9.59 Å². The van der Waals surface area contributed by atoms with Gasteiger partial charge in [-0.1, -0.05) is 0 Å². The van der Waals surface area contributed by atoms with Crippen molar-refractivity contribution in [2.45, 2.75) is 6.54 Å². The van der Waals surface area contributed by atoms with Crippen molar-refractivity contribution >= 4 is 12.0 Å². The fourth-order valence-electron chi connectivity index (χ4n) is 3.24. The van der Waals surface area contributed by atoms with Crippen LogP contribution < -0.4 is 29.8 Å². The maximum absolute atomic E-state index is 12.3. The molecule has 9 nitrogen and oxygen atoms in total. The van der Waals surface area contributed by atoms with Crippen molar-refractivity contribution in [1.29, 1.82) is 0 Å². The van der Waals surface area contributed by atoms with E-state index < -0.39 is 0 Å². The van der Waals surface area contributed by atoms with Gasteiger partial charge in [0.25, 0.3) is 5.56 Å². The van der Waals surface area contributed by atoms with Gasteiger partial charge < -0.3 is 24.3 Å². The van der Waals surface area contributed by atoms with E-state index in [-0.39, 0.29) is 24.6 Å². The quantitative estimate of drug-likeness (QED) is 0.460. The first-order chi connectivity index (χ1) is 16.5. The summed E-state index contributed by atoms with van der Waals surface area (Å²) in [4.78, 5) is 24.5. The maximum Gasteiger partial charge on any atom is 0.266 e. The van der Waals surface area contributed by atoms with Crippen molar-refractivity contribution < 1.29 is 23.7 Å². The zero-order valence-corrected chi connectivity index (χ0v) is 19.5. The number of aromatic nitrogens is 2. The highest BCUT2D eigenvalue weighted by Gasteiger charge is 2.12. The molecule has 1 heterocycles. The highest BCUT2D eigenvalue weighted by atomic mass is 16.5. The lowest BCUT2D eigenvalue weighted by atomic mass is 10.1. The van der Waals surface area contributed by atoms with Gasteiger partial charge in [-0.2, -0.15) is 5.10 Å². The summed E-state index contributed by atoms with van der Waals surface area (Å²) in [5, 5.41) is 7.15. The summed E-state index contributed by atoms with van der Waals surface area (Å²) >= 11 is 0. The molecular formula is C25H27N3O6. The minimum Gasteiger partial charge on any atom is -0.497 e. The Morgan fingerprint density at radius 3 is 2.21 bits per heavy atom. The summed E-state index contributed by atoms with van der Waals surface area (Å²) in [5.41, 5.74) is 1.96. The third kappa shape index (κ3) is 5.94. The molecule has 1 amide bonds. The normalized spacial score (nSPS) is 10.7. The molecule has 3 aromatic rings. The second-order valence-corrected chi connectivity index (χ2v) is 7.09. The topological polar surface area (TPSA) is 101 Å². The first-order valence-electron chi connectivity index (χ1n) is 10.5. The van der Waals surface area contributed by atoms with Crippen LogP contribution in [0.5, 0.6) is 23.0 Å². The first kappa shape index (κ1) is 24.4. The molecule has 0 fully saturated rings. The van der Waals surface area contributed by atoms with E-state index in [1.165, 1.54) is 38.2 Å². The van der Waals surface area contributed by atoms with Crippen LogP contribution >= 0.6 is 0 Å². The highest BCUT2D eigenvalue weighted by molar-refractivity contribution is 5.91. The van der Waals surface area contributed by atoms with E-state index in [4.69, 9.17) is 18.9 Å². The molecule has 0 spiro atoms. The number of amides is 1. The van der Waals surface area contributed by atoms with Crippen LogP contribution in [0.4, 0.5) is 0 Å². The molecule has 1 aromatic heterocycles. The molecule has 34 heavy (non-hydrogen) atoms. The van der Waals surface area contributed by atoms with Gasteiger partial charge in [-0.25, -0.2) is 4.68 Å². The van der Waals surface area contributed by atoms with Gasteiger partial charge in [0.05, 0.1) is 40.7 Å². The minimum atomic E-state index is -0.312. The number of hydrogen-bond donors (Lipinski definition) is 1. The van der Waals surface area contributed by atoms with E-state index in [9.17, 15) is 9.59 Å². The number of carbonyl (C=O) groups is 1. The Labute approximate surface area is 197 Å². The van der Waals surface area contributed by atoms with Crippen LogP contribution in [0.3, 0.4) is 0 Å². The number of rotatable bonds is 10. The summed E-state index contributed by atoms with van der Waals surface area (Å²) in [6.45, 7) is 0.462. The van der Waals surface area contributed by atoms with Gasteiger partial charge in [0, 0.05) is 24.3 Å². The van der Waals surface area contributed by atoms with E-state index >= 15 is 0 Å². The average Bonchev–Trinajstić information content (AvgIpc) is 2.87. The molecule has 0 atom stereocenters. The fraction of sp³-hybridized carbons (Fsp3) is 0.240. The molecule has 2 aromatic carbocycles. The Bertz CT molecular complexity index is 1190. The third-order valence-corrected chi connectivity index (χ3v) is 4.99. The second kappa shape index (κ2) is 11.6. The van der Waals surface area contributed by atoms with Crippen LogP contribution in [-0.2, 0) is 11.3 Å². The van der Waals surface area contributed by atoms with Crippen LogP contribution in [0.25, 0.3) is 17.3 Å². The molecule has 0 aliphatic carbocycles. The van der Waals surface area contributed by atoms with Gasteiger partial charge in [0.2, 0.25) is 11.7 Å². The van der Waals surface area contributed by atoms with Crippen molar-refractivity contribution in [3.8, 4) is 34.3 Å². The van der Waals surface area contributed by atoms with E-state index in [1.54, 1.807) is 31.4 Å². The van der Waals surface area contributed by atoms with Gasteiger partial charge in [0.1, 0.15) is 5.75 Å². The smallest absolute Gasteiger partial charge is 0.266 e. The van der Waals surface area contributed by atoms with E-state index in [0.29, 0.717) is 28.5 Å². The van der Waals surface area contributed by atoms with E-state index in [1.807, 2.05) is 24.3 Å². The van der Waals surface area contributed by atoms with Gasteiger partial charge in [-0.05, 0) is 54.1 Å². The van der Waals surface area contributed by atoms with Gasteiger partial charge in [0.15, 0.2) is 11.5 Å². The molecule has 178 valence electrons. The number of nitrogens with zero attached hydrogens (tertiary/aromatic N) is 2. The Morgan fingerprint density at radius 2 is 1.62 bits per heavy atom. The monoisotopic (exact) mass is 465 g/mol. The number of methoxy groups -OCH3 is 4. The van der Waals surface area contributed by atoms with Crippen LogP contribution in [0.1, 0.15) is 5.56 Å². The number of nitrogens with one attached hydrogen (secondary N) is 1. The predicted octanol–water partition coefficient (Wildman–Crippen LogP) is 2.77. The molecule has 0 saturated carbocycles. The lowest BCUT2D eigenvalue weighted by Gasteiger charge is -2.12. The van der Waals surface area contributed by atoms with Crippen LogP contribution in [0.15, 0.2) is 59.4 Å². The lowest BCUT2D eigenvalue weighted by Crippen LogP contribution is -2.31. The molecule has 3 rings (SSSR count). The fourth-order valence-corrected chi connectivity index (χ4v) is 3.24. The van der Waals surface area contributed by atoms with Crippen molar-refractivity contribution in [3.63, 3.8) is 0 Å². The summed E-state index contributed by atoms with van der Waals surface area (Å²) in [5.74, 6) is 1.88. The number of ether oxygens (including phenoxy) is 4. The molecule has 0 radical (unpaired) electrons. The Morgan fingerprint density at radius 1 is 0.941 bits per heavy atom. The molecule has 0 aliphatic heterocycles. The first-order valence-corrected chi connectivity index (χ1v) is 10.5. The summed E-state index contributed by atoms with van der Waals surface area (Å²) in [6.07, 6.45) is 3.03. The average molecular weight is 466 g/mol. The van der Waals surface area contributed by atoms with Crippen LogP contribution in [0.2, 0.25) is 0 Å². The zero-order chi connectivity index (χ0) is 24.5. The van der Waals surface area contributed by atoms with Crippen molar-refractivity contribution in [3.05, 3.63) is 70.5 Å².